The maximum Gasteiger partial charge on any atom is 0.206 e. The number of hydrogen-bond donors (Lipinski definition) is 2. The van der Waals surface area contributed by atoms with E-state index in [4.69, 9.17) is 0 Å². The standard InChI is InChI=1S/C14H13FN6O/c15-12-4-2-1-3-10(12)9-21-11(7-8-16-21)5-6-13(22)14-17-19-20-18-14/h1-8,13,22H,9H2,(H,17,18,19,20). The molecular formula is C14H13FN6O. The molecule has 0 saturated heterocycles. The number of halogens is 1. The lowest BCUT2D eigenvalue weighted by Gasteiger charge is -2.06. The fraction of sp³-hybridized carbons (Fsp3) is 0.143. The van der Waals surface area contributed by atoms with Crippen molar-refractivity contribution in [3.63, 3.8) is 0 Å². The highest BCUT2D eigenvalue weighted by molar-refractivity contribution is 5.45. The monoisotopic (exact) mass is 300 g/mol. The molecular weight excluding hydrogens is 287 g/mol. The van der Waals surface area contributed by atoms with Crippen molar-refractivity contribution in [1.29, 1.82) is 0 Å². The van der Waals surface area contributed by atoms with Crippen LogP contribution in [0.3, 0.4) is 0 Å². The Balaban J connectivity index is 1.76. The number of hydrogen-bond acceptors (Lipinski definition) is 5. The molecule has 8 heteroatoms. The Morgan fingerprint density at radius 2 is 2.18 bits per heavy atom. The molecule has 0 amide bonds. The fourth-order valence-electron chi connectivity index (χ4n) is 1.98. The Labute approximate surface area is 125 Å². The molecule has 0 radical (unpaired) electrons. The van der Waals surface area contributed by atoms with Gasteiger partial charge < -0.3 is 5.11 Å². The number of aliphatic hydroxyl groups is 1. The van der Waals surface area contributed by atoms with Crippen LogP contribution in [0, 0.1) is 5.82 Å². The van der Waals surface area contributed by atoms with Gasteiger partial charge in [0.15, 0.2) is 0 Å². The minimum absolute atomic E-state index is 0.177. The van der Waals surface area contributed by atoms with Gasteiger partial charge in [-0.2, -0.15) is 10.3 Å². The zero-order valence-corrected chi connectivity index (χ0v) is 11.5. The highest BCUT2D eigenvalue weighted by Crippen LogP contribution is 2.13. The van der Waals surface area contributed by atoms with Crippen LogP contribution in [0.1, 0.15) is 23.2 Å². The molecule has 2 heterocycles. The summed E-state index contributed by atoms with van der Waals surface area (Å²) in [6.45, 7) is 0.303. The second kappa shape index (κ2) is 6.27. The predicted molar refractivity (Wildman–Crippen MR) is 75.9 cm³/mol. The van der Waals surface area contributed by atoms with Crippen molar-refractivity contribution in [3.05, 3.63) is 65.5 Å². The van der Waals surface area contributed by atoms with E-state index >= 15 is 0 Å². The highest BCUT2D eigenvalue weighted by atomic mass is 19.1. The Morgan fingerprint density at radius 1 is 1.32 bits per heavy atom. The van der Waals surface area contributed by atoms with Crippen LogP contribution in [0.4, 0.5) is 4.39 Å². The lowest BCUT2D eigenvalue weighted by atomic mass is 10.2. The number of aromatic amines is 1. The van der Waals surface area contributed by atoms with Gasteiger partial charge in [0.05, 0.1) is 12.2 Å². The van der Waals surface area contributed by atoms with E-state index in [1.54, 1.807) is 41.2 Å². The summed E-state index contributed by atoms with van der Waals surface area (Å²) in [7, 11) is 0. The van der Waals surface area contributed by atoms with Gasteiger partial charge >= 0.3 is 0 Å². The van der Waals surface area contributed by atoms with Gasteiger partial charge in [0, 0.05) is 11.8 Å². The summed E-state index contributed by atoms with van der Waals surface area (Å²) in [5, 5.41) is 27.1. The lowest BCUT2D eigenvalue weighted by Crippen LogP contribution is -2.05. The maximum atomic E-state index is 13.7. The van der Waals surface area contributed by atoms with Crippen molar-refractivity contribution in [3.8, 4) is 0 Å². The van der Waals surface area contributed by atoms with Crippen LogP contribution in [-0.4, -0.2) is 35.5 Å². The van der Waals surface area contributed by atoms with Crippen LogP contribution in [0.15, 0.2) is 42.6 Å². The normalized spacial score (nSPS) is 12.8. The molecule has 3 aromatic rings. The quantitative estimate of drug-likeness (QED) is 0.741. The van der Waals surface area contributed by atoms with Gasteiger partial charge in [0.2, 0.25) is 5.82 Å². The molecule has 0 aliphatic carbocycles. The summed E-state index contributed by atoms with van der Waals surface area (Å²) in [5.74, 6) is -0.101. The zero-order valence-electron chi connectivity index (χ0n) is 11.5. The SMILES string of the molecule is OC(C=Cc1ccnn1Cc1ccccc1F)c1nn[nH]n1. The lowest BCUT2D eigenvalue weighted by molar-refractivity contribution is 0.219. The molecule has 1 unspecified atom stereocenters. The minimum atomic E-state index is -0.976. The first kappa shape index (κ1) is 14.1. The number of aliphatic hydroxyl groups excluding tert-OH is 1. The summed E-state index contributed by atoms with van der Waals surface area (Å²) >= 11 is 0. The molecule has 112 valence electrons. The second-order valence-corrected chi connectivity index (χ2v) is 4.58. The maximum absolute atomic E-state index is 13.7. The average Bonchev–Trinajstić information content (AvgIpc) is 3.19. The van der Waals surface area contributed by atoms with E-state index in [9.17, 15) is 9.50 Å². The van der Waals surface area contributed by atoms with E-state index in [0.717, 1.165) is 5.69 Å². The van der Waals surface area contributed by atoms with E-state index in [1.165, 1.54) is 12.1 Å². The zero-order chi connectivity index (χ0) is 15.4. The Kier molecular flexibility index (Phi) is 4.01. The smallest absolute Gasteiger partial charge is 0.206 e. The van der Waals surface area contributed by atoms with Crippen molar-refractivity contribution in [1.82, 2.24) is 30.4 Å². The highest BCUT2D eigenvalue weighted by Gasteiger charge is 2.09. The second-order valence-electron chi connectivity index (χ2n) is 4.58. The molecule has 0 aliphatic heterocycles. The van der Waals surface area contributed by atoms with Crippen LogP contribution in [0.5, 0.6) is 0 Å². The first-order chi connectivity index (χ1) is 10.7. The number of aromatic nitrogens is 6. The fourth-order valence-corrected chi connectivity index (χ4v) is 1.98. The van der Waals surface area contributed by atoms with Gasteiger partial charge in [-0.05, 0) is 24.3 Å². The van der Waals surface area contributed by atoms with Gasteiger partial charge in [-0.3, -0.25) is 4.68 Å². The molecule has 2 aromatic heterocycles. The third kappa shape index (κ3) is 3.07. The molecule has 0 fully saturated rings. The molecule has 22 heavy (non-hydrogen) atoms. The van der Waals surface area contributed by atoms with Gasteiger partial charge in [0.25, 0.3) is 0 Å². The third-order valence-corrected chi connectivity index (χ3v) is 3.10. The number of tetrazole rings is 1. The molecule has 1 atom stereocenters. The van der Waals surface area contributed by atoms with E-state index < -0.39 is 6.10 Å². The summed E-state index contributed by atoms with van der Waals surface area (Å²) in [5.41, 5.74) is 1.27. The molecule has 0 bridgehead atoms. The summed E-state index contributed by atoms with van der Waals surface area (Å²) in [6, 6.07) is 8.30. The molecule has 0 saturated carbocycles. The van der Waals surface area contributed by atoms with Crippen molar-refractivity contribution in [2.45, 2.75) is 12.6 Å². The summed E-state index contributed by atoms with van der Waals surface area (Å²) < 4.78 is 15.3. The van der Waals surface area contributed by atoms with E-state index in [0.29, 0.717) is 12.1 Å². The van der Waals surface area contributed by atoms with Gasteiger partial charge in [-0.15, -0.1) is 10.2 Å². The van der Waals surface area contributed by atoms with Crippen LogP contribution in [0.25, 0.3) is 6.08 Å². The van der Waals surface area contributed by atoms with Crippen LogP contribution >= 0.6 is 0 Å². The molecule has 0 aliphatic rings. The van der Waals surface area contributed by atoms with E-state index in [-0.39, 0.29) is 11.6 Å². The summed E-state index contributed by atoms with van der Waals surface area (Å²) in [4.78, 5) is 0. The number of H-pyrrole nitrogens is 1. The Bertz CT molecular complexity index is 767. The number of benzene rings is 1. The van der Waals surface area contributed by atoms with Crippen molar-refractivity contribution >= 4 is 6.08 Å². The number of nitrogens with one attached hydrogen (secondary N) is 1. The Morgan fingerprint density at radius 3 is 2.95 bits per heavy atom. The molecule has 3 rings (SSSR count). The van der Waals surface area contributed by atoms with E-state index in [1.807, 2.05) is 0 Å². The average molecular weight is 300 g/mol. The van der Waals surface area contributed by atoms with Gasteiger partial charge in [-0.25, -0.2) is 4.39 Å². The molecule has 0 spiro atoms. The number of nitrogens with zero attached hydrogens (tertiary/aromatic N) is 5. The van der Waals surface area contributed by atoms with E-state index in [2.05, 4.69) is 25.7 Å². The minimum Gasteiger partial charge on any atom is -0.381 e. The van der Waals surface area contributed by atoms with Crippen molar-refractivity contribution in [2.75, 3.05) is 0 Å². The van der Waals surface area contributed by atoms with Gasteiger partial charge in [0.1, 0.15) is 11.9 Å². The van der Waals surface area contributed by atoms with Crippen molar-refractivity contribution in [2.24, 2.45) is 0 Å². The summed E-state index contributed by atoms with van der Waals surface area (Å²) in [6.07, 6.45) is 3.83. The van der Waals surface area contributed by atoms with Gasteiger partial charge in [-0.1, -0.05) is 23.4 Å². The third-order valence-electron chi connectivity index (χ3n) is 3.10. The molecule has 7 nitrogen and oxygen atoms in total. The van der Waals surface area contributed by atoms with Crippen LogP contribution in [0.2, 0.25) is 0 Å². The first-order valence-corrected chi connectivity index (χ1v) is 6.59. The molecule has 2 N–H and O–H groups in total. The topological polar surface area (TPSA) is 92.5 Å². The Hall–Kier alpha value is -2.87. The first-order valence-electron chi connectivity index (χ1n) is 6.59. The molecule has 1 aromatic carbocycles. The largest absolute Gasteiger partial charge is 0.381 e. The predicted octanol–water partition coefficient (Wildman–Crippen LogP) is 1.33. The van der Waals surface area contributed by atoms with Crippen molar-refractivity contribution < 1.29 is 9.50 Å². The number of rotatable bonds is 5. The van der Waals surface area contributed by atoms with Crippen LogP contribution < -0.4 is 0 Å². The van der Waals surface area contributed by atoms with Crippen LogP contribution in [-0.2, 0) is 6.54 Å².